The minimum Gasteiger partial charge on any atom is -0.330 e. The first-order valence-corrected chi connectivity index (χ1v) is 7.40. The molecule has 4 heteroatoms. The summed E-state index contributed by atoms with van der Waals surface area (Å²) in [5, 5.41) is 0. The van der Waals surface area contributed by atoms with Crippen molar-refractivity contribution in [3.8, 4) is 0 Å². The van der Waals surface area contributed by atoms with Crippen molar-refractivity contribution in [2.24, 2.45) is 16.9 Å². The number of rotatable bonds is 4. The quantitative estimate of drug-likeness (QED) is 0.765. The van der Waals surface area contributed by atoms with Gasteiger partial charge in [-0.25, -0.2) is 0 Å². The Labute approximate surface area is 112 Å². The van der Waals surface area contributed by atoms with Crippen molar-refractivity contribution in [3.63, 3.8) is 0 Å². The van der Waals surface area contributed by atoms with E-state index in [1.54, 1.807) is 0 Å². The highest BCUT2D eigenvalue weighted by molar-refractivity contribution is 5.08. The average Bonchev–Trinajstić information content (AvgIpc) is 2.92. The molecule has 18 heavy (non-hydrogen) atoms. The van der Waals surface area contributed by atoms with Crippen LogP contribution in [-0.2, 0) is 0 Å². The van der Waals surface area contributed by atoms with Crippen LogP contribution in [0.5, 0.6) is 0 Å². The molecule has 2 aliphatic rings. The Morgan fingerprint density at radius 1 is 1.11 bits per heavy atom. The first kappa shape index (κ1) is 14.3. The van der Waals surface area contributed by atoms with Crippen molar-refractivity contribution >= 4 is 0 Å². The van der Waals surface area contributed by atoms with Crippen LogP contribution >= 0.6 is 0 Å². The topological polar surface area (TPSA) is 58.5 Å². The van der Waals surface area contributed by atoms with Crippen molar-refractivity contribution in [1.82, 2.24) is 9.80 Å². The molecule has 0 aromatic rings. The Kier molecular flexibility index (Phi) is 4.32. The molecule has 0 bridgehead atoms. The zero-order chi connectivity index (χ0) is 13.3. The summed E-state index contributed by atoms with van der Waals surface area (Å²) >= 11 is 0. The highest BCUT2D eigenvalue weighted by Gasteiger charge is 2.52. The summed E-state index contributed by atoms with van der Waals surface area (Å²) in [6.45, 7) is 5.24. The van der Waals surface area contributed by atoms with Crippen LogP contribution in [0.4, 0.5) is 0 Å². The van der Waals surface area contributed by atoms with Crippen molar-refractivity contribution in [1.29, 1.82) is 0 Å². The second kappa shape index (κ2) is 5.45. The van der Waals surface area contributed by atoms with Crippen molar-refractivity contribution in [3.05, 3.63) is 0 Å². The van der Waals surface area contributed by atoms with Gasteiger partial charge in [0.15, 0.2) is 0 Å². The molecule has 0 aromatic carbocycles. The van der Waals surface area contributed by atoms with Crippen LogP contribution in [0.25, 0.3) is 0 Å². The molecule has 0 aliphatic carbocycles. The zero-order valence-electron chi connectivity index (χ0n) is 12.2. The molecule has 2 saturated heterocycles. The van der Waals surface area contributed by atoms with E-state index in [9.17, 15) is 0 Å². The van der Waals surface area contributed by atoms with Crippen LogP contribution < -0.4 is 11.5 Å². The first-order valence-electron chi connectivity index (χ1n) is 7.40. The normalized spacial score (nSPS) is 35.8. The molecule has 2 heterocycles. The highest BCUT2D eigenvalue weighted by Crippen LogP contribution is 2.42. The van der Waals surface area contributed by atoms with Gasteiger partial charge in [-0.1, -0.05) is 0 Å². The Hall–Kier alpha value is -0.160. The first-order chi connectivity index (χ1) is 8.54. The van der Waals surface area contributed by atoms with E-state index < -0.39 is 0 Å². The Morgan fingerprint density at radius 3 is 1.78 bits per heavy atom. The van der Waals surface area contributed by atoms with E-state index in [0.717, 1.165) is 0 Å². The van der Waals surface area contributed by atoms with Crippen LogP contribution in [0.2, 0.25) is 0 Å². The second-order valence-electron chi connectivity index (χ2n) is 6.38. The molecule has 3 atom stereocenters. The van der Waals surface area contributed by atoms with E-state index in [1.807, 2.05) is 0 Å². The Bertz CT molecular complexity index is 259. The Balaban J connectivity index is 2.32. The third kappa shape index (κ3) is 2.09. The average molecular weight is 254 g/mol. The van der Waals surface area contributed by atoms with Gasteiger partial charge in [0.25, 0.3) is 0 Å². The number of hydrogen-bond acceptors (Lipinski definition) is 4. The zero-order valence-corrected chi connectivity index (χ0v) is 12.2. The lowest BCUT2D eigenvalue weighted by Gasteiger charge is -2.50. The minimum atomic E-state index is 0.0521. The van der Waals surface area contributed by atoms with Gasteiger partial charge in [0, 0.05) is 30.1 Å². The number of likely N-dealkylation sites (tertiary alicyclic amines) is 2. The number of hydrogen-bond donors (Lipinski definition) is 2. The van der Waals surface area contributed by atoms with E-state index in [2.05, 4.69) is 30.8 Å². The van der Waals surface area contributed by atoms with E-state index in [0.29, 0.717) is 18.6 Å². The number of nitrogens with zero attached hydrogens (tertiary/aromatic N) is 2. The molecule has 2 aliphatic heterocycles. The minimum absolute atomic E-state index is 0.0521. The molecule has 0 amide bonds. The van der Waals surface area contributed by atoms with E-state index in [1.165, 1.54) is 38.8 Å². The highest BCUT2D eigenvalue weighted by atomic mass is 15.2. The molecule has 106 valence electrons. The SMILES string of the molecule is CC(N)C(CN)(C1CCCN1C)C1CCCN1C. The molecular formula is C14H30N4. The molecule has 0 spiro atoms. The van der Waals surface area contributed by atoms with Gasteiger partial charge in [0.1, 0.15) is 0 Å². The van der Waals surface area contributed by atoms with E-state index >= 15 is 0 Å². The summed E-state index contributed by atoms with van der Waals surface area (Å²) < 4.78 is 0. The predicted octanol–water partition coefficient (Wildman–Crippen LogP) is 0.467. The molecule has 0 saturated carbocycles. The van der Waals surface area contributed by atoms with Gasteiger partial charge in [-0.15, -0.1) is 0 Å². The fourth-order valence-corrected chi connectivity index (χ4v) is 4.47. The summed E-state index contributed by atoms with van der Waals surface area (Å²) in [6.07, 6.45) is 5.07. The third-order valence-corrected chi connectivity index (χ3v) is 5.48. The maximum atomic E-state index is 6.43. The van der Waals surface area contributed by atoms with Crippen LogP contribution in [0, 0.1) is 5.41 Å². The lowest BCUT2D eigenvalue weighted by atomic mass is 9.67. The molecule has 0 aromatic heterocycles. The maximum absolute atomic E-state index is 6.43. The van der Waals surface area contributed by atoms with Crippen LogP contribution in [-0.4, -0.2) is 61.7 Å². The summed E-state index contributed by atoms with van der Waals surface area (Å²) in [7, 11) is 4.47. The smallest absolute Gasteiger partial charge is 0.0285 e. The summed E-state index contributed by atoms with van der Waals surface area (Å²) in [6, 6.07) is 1.25. The third-order valence-electron chi connectivity index (χ3n) is 5.48. The lowest BCUT2D eigenvalue weighted by Crippen LogP contribution is -2.64. The van der Waals surface area contributed by atoms with E-state index in [-0.39, 0.29) is 11.5 Å². The molecule has 2 rings (SSSR count). The number of nitrogens with two attached hydrogens (primary N) is 2. The van der Waals surface area contributed by atoms with Crippen molar-refractivity contribution in [2.75, 3.05) is 33.7 Å². The van der Waals surface area contributed by atoms with Gasteiger partial charge >= 0.3 is 0 Å². The van der Waals surface area contributed by atoms with Gasteiger partial charge in [-0.2, -0.15) is 0 Å². The van der Waals surface area contributed by atoms with Gasteiger partial charge in [-0.05, 0) is 59.8 Å². The maximum Gasteiger partial charge on any atom is 0.0285 e. The second-order valence-corrected chi connectivity index (χ2v) is 6.38. The molecular weight excluding hydrogens is 224 g/mol. The van der Waals surface area contributed by atoms with Crippen molar-refractivity contribution < 1.29 is 0 Å². The summed E-state index contributed by atoms with van der Waals surface area (Å²) in [4.78, 5) is 4.98. The lowest BCUT2D eigenvalue weighted by molar-refractivity contribution is 0.0203. The monoisotopic (exact) mass is 254 g/mol. The summed E-state index contributed by atoms with van der Waals surface area (Å²) in [5.74, 6) is 0. The van der Waals surface area contributed by atoms with Gasteiger partial charge in [0.05, 0.1) is 0 Å². The Morgan fingerprint density at radius 2 is 1.56 bits per heavy atom. The standard InChI is InChI=1S/C14H30N4/c1-11(16)14(10-15,12-6-4-8-17(12)2)13-7-5-9-18(13)3/h11-13H,4-10,15-16H2,1-3H3. The van der Waals surface area contributed by atoms with Crippen molar-refractivity contribution in [2.45, 2.75) is 50.7 Å². The van der Waals surface area contributed by atoms with Gasteiger partial charge in [-0.3, -0.25) is 0 Å². The summed E-state index contributed by atoms with van der Waals surface area (Å²) in [5.41, 5.74) is 12.7. The fraction of sp³-hybridized carbons (Fsp3) is 1.00. The molecule has 4 nitrogen and oxygen atoms in total. The van der Waals surface area contributed by atoms with Crippen LogP contribution in [0.1, 0.15) is 32.6 Å². The van der Waals surface area contributed by atoms with E-state index in [4.69, 9.17) is 11.5 Å². The molecule has 3 unspecified atom stereocenters. The van der Waals surface area contributed by atoms with Gasteiger partial charge in [0.2, 0.25) is 0 Å². The van der Waals surface area contributed by atoms with Crippen LogP contribution in [0.15, 0.2) is 0 Å². The fourth-order valence-electron chi connectivity index (χ4n) is 4.47. The van der Waals surface area contributed by atoms with Gasteiger partial charge < -0.3 is 21.3 Å². The molecule has 4 N–H and O–H groups in total. The molecule has 0 radical (unpaired) electrons. The largest absolute Gasteiger partial charge is 0.330 e. The van der Waals surface area contributed by atoms with Crippen LogP contribution in [0.3, 0.4) is 0 Å². The molecule has 2 fully saturated rings. The predicted molar refractivity (Wildman–Crippen MR) is 76.4 cm³/mol.